The molecule has 0 atom stereocenters. The lowest BCUT2D eigenvalue weighted by Crippen LogP contribution is -2.39. The third kappa shape index (κ3) is 1.91. The quantitative estimate of drug-likeness (QED) is 0.914. The highest BCUT2D eigenvalue weighted by Gasteiger charge is 2.34. The maximum Gasteiger partial charge on any atom is 0.192 e. The number of hydrogen-bond donors (Lipinski definition) is 1. The summed E-state index contributed by atoms with van der Waals surface area (Å²) in [4.78, 5) is 4.34. The topological polar surface area (TPSA) is 86.2 Å². The highest BCUT2D eigenvalue weighted by molar-refractivity contribution is 7.92. The van der Waals surface area contributed by atoms with E-state index in [1.165, 1.54) is 12.1 Å². The highest BCUT2D eigenvalue weighted by atomic mass is 32.2. The first kappa shape index (κ1) is 13.0. The van der Waals surface area contributed by atoms with Gasteiger partial charge in [-0.15, -0.1) is 0 Å². The maximum atomic E-state index is 12.4. The van der Waals surface area contributed by atoms with E-state index in [-0.39, 0.29) is 11.4 Å². The van der Waals surface area contributed by atoms with Gasteiger partial charge in [-0.05, 0) is 26.0 Å². The van der Waals surface area contributed by atoms with Gasteiger partial charge < -0.3 is 10.2 Å². The molecule has 18 heavy (non-hydrogen) atoms. The Bertz CT molecular complexity index is 686. The average Bonchev–Trinajstić information content (AvgIpc) is 2.67. The third-order valence-corrected chi connectivity index (χ3v) is 5.49. The zero-order valence-electron chi connectivity index (χ0n) is 10.6. The second-order valence-electron chi connectivity index (χ2n) is 4.83. The van der Waals surface area contributed by atoms with Gasteiger partial charge in [-0.3, -0.25) is 0 Å². The number of oxazole rings is 1. The molecule has 0 spiro atoms. The molecule has 0 bridgehead atoms. The summed E-state index contributed by atoms with van der Waals surface area (Å²) in [5, 5.41) is 0. The minimum atomic E-state index is -3.48. The Labute approximate surface area is 106 Å². The normalized spacial score (nSPS) is 13.1. The molecule has 2 rings (SSSR count). The van der Waals surface area contributed by atoms with Gasteiger partial charge in [0.05, 0.1) is 9.64 Å². The molecular weight excluding hydrogens is 252 g/mol. The maximum absolute atomic E-state index is 12.4. The van der Waals surface area contributed by atoms with E-state index in [0.717, 1.165) is 0 Å². The van der Waals surface area contributed by atoms with E-state index in [1.807, 2.05) is 0 Å². The lowest BCUT2D eigenvalue weighted by Gasteiger charge is -2.22. The summed E-state index contributed by atoms with van der Waals surface area (Å²) in [6, 6.07) is 4.68. The molecule has 1 aromatic carbocycles. The molecule has 0 fully saturated rings. The van der Waals surface area contributed by atoms with E-state index in [1.54, 1.807) is 26.8 Å². The zero-order valence-corrected chi connectivity index (χ0v) is 11.4. The molecule has 0 amide bonds. The van der Waals surface area contributed by atoms with Crippen LogP contribution < -0.4 is 5.73 Å². The molecule has 6 heteroatoms. The first-order valence-electron chi connectivity index (χ1n) is 5.60. The van der Waals surface area contributed by atoms with Crippen LogP contribution in [0.3, 0.4) is 0 Å². The second-order valence-corrected chi connectivity index (χ2v) is 7.41. The van der Waals surface area contributed by atoms with Crippen molar-refractivity contribution in [3.63, 3.8) is 0 Å². The smallest absolute Gasteiger partial charge is 0.192 e. The van der Waals surface area contributed by atoms with Gasteiger partial charge in [0.1, 0.15) is 5.52 Å². The van der Waals surface area contributed by atoms with Crippen LogP contribution in [0.2, 0.25) is 0 Å². The first-order valence-corrected chi connectivity index (χ1v) is 7.08. The fourth-order valence-corrected chi connectivity index (χ4v) is 2.98. The van der Waals surface area contributed by atoms with Gasteiger partial charge in [-0.25, -0.2) is 13.4 Å². The van der Waals surface area contributed by atoms with Gasteiger partial charge in [-0.2, -0.15) is 0 Å². The van der Waals surface area contributed by atoms with Crippen molar-refractivity contribution in [2.24, 2.45) is 5.73 Å². The zero-order chi connectivity index (χ0) is 13.6. The summed E-state index contributed by atoms with van der Waals surface area (Å²) < 4.78 is 29.1. The van der Waals surface area contributed by atoms with Crippen LogP contribution in [-0.4, -0.2) is 24.7 Å². The van der Waals surface area contributed by atoms with Crippen molar-refractivity contribution in [2.75, 3.05) is 6.54 Å². The molecule has 0 aliphatic heterocycles. The van der Waals surface area contributed by atoms with Gasteiger partial charge in [-0.1, -0.05) is 0 Å². The summed E-state index contributed by atoms with van der Waals surface area (Å²) in [5.41, 5.74) is 6.66. The molecule has 1 aromatic heterocycles. The predicted molar refractivity (Wildman–Crippen MR) is 69.1 cm³/mol. The summed E-state index contributed by atoms with van der Waals surface area (Å²) in [6.07, 6.45) is 0. The lowest BCUT2D eigenvalue weighted by molar-refractivity contribution is 0.546. The monoisotopic (exact) mass is 268 g/mol. The van der Waals surface area contributed by atoms with Gasteiger partial charge in [0.2, 0.25) is 0 Å². The van der Waals surface area contributed by atoms with Crippen molar-refractivity contribution >= 4 is 20.9 Å². The Morgan fingerprint density at radius 3 is 2.67 bits per heavy atom. The number of fused-ring (bicyclic) bond motifs is 1. The molecule has 5 nitrogen and oxygen atoms in total. The van der Waals surface area contributed by atoms with Crippen molar-refractivity contribution in [1.82, 2.24) is 4.98 Å². The van der Waals surface area contributed by atoms with Crippen LogP contribution in [-0.2, 0) is 9.84 Å². The van der Waals surface area contributed by atoms with Crippen molar-refractivity contribution in [1.29, 1.82) is 0 Å². The third-order valence-electron chi connectivity index (χ3n) is 3.00. The number of aromatic nitrogens is 1. The summed E-state index contributed by atoms with van der Waals surface area (Å²) in [7, 11) is -3.48. The van der Waals surface area contributed by atoms with Crippen LogP contribution in [0.4, 0.5) is 0 Å². The number of hydrogen-bond acceptors (Lipinski definition) is 5. The first-order chi connectivity index (χ1) is 8.28. The summed E-state index contributed by atoms with van der Waals surface area (Å²) in [6.45, 7) is 5.00. The Balaban J connectivity index is 2.61. The van der Waals surface area contributed by atoms with E-state index in [0.29, 0.717) is 17.0 Å². The van der Waals surface area contributed by atoms with E-state index in [4.69, 9.17) is 10.2 Å². The highest BCUT2D eigenvalue weighted by Crippen LogP contribution is 2.27. The predicted octanol–water partition coefficient (Wildman–Crippen LogP) is 1.65. The molecule has 2 aromatic rings. The molecule has 0 radical (unpaired) electrons. The number of nitrogens with zero attached hydrogens (tertiary/aromatic N) is 1. The molecule has 98 valence electrons. The standard InChI is InChI=1S/C12H16N2O3S/c1-8-14-10-5-4-9(6-11(10)17-8)18(15,16)12(2,3)7-13/h4-6H,7,13H2,1-3H3. The number of aryl methyl sites for hydroxylation is 1. The number of sulfone groups is 1. The molecular formula is C12H16N2O3S. The van der Waals surface area contributed by atoms with Gasteiger partial charge in [0.15, 0.2) is 21.3 Å². The lowest BCUT2D eigenvalue weighted by atomic mass is 10.2. The van der Waals surface area contributed by atoms with Crippen LogP contribution in [0, 0.1) is 6.92 Å². The van der Waals surface area contributed by atoms with Crippen LogP contribution in [0.5, 0.6) is 0 Å². The van der Waals surface area contributed by atoms with E-state index >= 15 is 0 Å². The number of rotatable bonds is 3. The molecule has 2 N–H and O–H groups in total. The minimum Gasteiger partial charge on any atom is -0.441 e. The Morgan fingerprint density at radius 2 is 2.06 bits per heavy atom. The van der Waals surface area contributed by atoms with Crippen molar-refractivity contribution in [3.05, 3.63) is 24.1 Å². The second kappa shape index (κ2) is 4.07. The summed E-state index contributed by atoms with van der Waals surface area (Å²) in [5.74, 6) is 0.512. The number of nitrogens with two attached hydrogens (primary N) is 1. The molecule has 0 unspecified atom stereocenters. The Morgan fingerprint density at radius 1 is 1.39 bits per heavy atom. The summed E-state index contributed by atoms with van der Waals surface area (Å²) >= 11 is 0. The van der Waals surface area contributed by atoms with Crippen LogP contribution in [0.15, 0.2) is 27.5 Å². The largest absolute Gasteiger partial charge is 0.441 e. The van der Waals surface area contributed by atoms with Gasteiger partial charge in [0.25, 0.3) is 0 Å². The van der Waals surface area contributed by atoms with Crippen LogP contribution in [0.1, 0.15) is 19.7 Å². The van der Waals surface area contributed by atoms with Gasteiger partial charge >= 0.3 is 0 Å². The van der Waals surface area contributed by atoms with Gasteiger partial charge in [0, 0.05) is 19.5 Å². The van der Waals surface area contributed by atoms with Crippen molar-refractivity contribution < 1.29 is 12.8 Å². The molecule has 0 aliphatic rings. The fraction of sp³-hybridized carbons (Fsp3) is 0.417. The number of benzene rings is 1. The van der Waals surface area contributed by atoms with E-state index < -0.39 is 14.6 Å². The minimum absolute atomic E-state index is 0.0583. The Hall–Kier alpha value is -1.40. The molecule has 0 saturated heterocycles. The molecule has 0 saturated carbocycles. The van der Waals surface area contributed by atoms with Crippen LogP contribution in [0.25, 0.3) is 11.1 Å². The molecule has 1 heterocycles. The van der Waals surface area contributed by atoms with E-state index in [9.17, 15) is 8.42 Å². The van der Waals surface area contributed by atoms with Crippen molar-refractivity contribution in [2.45, 2.75) is 30.4 Å². The SMILES string of the molecule is Cc1nc2ccc(S(=O)(=O)C(C)(C)CN)cc2o1. The average molecular weight is 268 g/mol. The Kier molecular flexibility index (Phi) is 2.95. The van der Waals surface area contributed by atoms with Crippen LogP contribution >= 0.6 is 0 Å². The molecule has 0 aliphatic carbocycles. The van der Waals surface area contributed by atoms with Crippen molar-refractivity contribution in [3.8, 4) is 0 Å². The fourth-order valence-electron chi connectivity index (χ4n) is 1.62. The van der Waals surface area contributed by atoms with E-state index in [2.05, 4.69) is 4.98 Å².